The van der Waals surface area contributed by atoms with E-state index in [0.717, 1.165) is 0 Å². The quantitative estimate of drug-likeness (QED) is 0.700. The summed E-state index contributed by atoms with van der Waals surface area (Å²) in [6, 6.07) is 3.31. The number of rotatable bonds is 6. The largest absolute Gasteiger partial charge is 0.465 e. The van der Waals surface area contributed by atoms with E-state index in [2.05, 4.69) is 19.9 Å². The molecule has 11 heteroatoms. The van der Waals surface area contributed by atoms with Gasteiger partial charge in [0.05, 0.1) is 18.1 Å². The van der Waals surface area contributed by atoms with Crippen LogP contribution < -0.4 is 0 Å². The van der Waals surface area contributed by atoms with Gasteiger partial charge in [-0.1, -0.05) is 29.3 Å². The number of nitrogens with zero attached hydrogens (tertiary/aromatic N) is 2. The Morgan fingerprint density at radius 2 is 2.19 bits per heavy atom. The molecule has 0 aliphatic carbocycles. The molecule has 0 radical (unpaired) electrons. The molecule has 1 fully saturated rings. The first-order valence-electron chi connectivity index (χ1n) is 7.35. The van der Waals surface area contributed by atoms with E-state index in [1.165, 1.54) is 6.33 Å². The van der Waals surface area contributed by atoms with Crippen molar-refractivity contribution in [2.75, 3.05) is 13.2 Å². The summed E-state index contributed by atoms with van der Waals surface area (Å²) in [4.78, 5) is 4.06. The number of H-pyrrole nitrogens is 1. The molecule has 2 atom stereocenters. The van der Waals surface area contributed by atoms with Gasteiger partial charge >= 0.3 is 6.01 Å². The SMILES string of the molecule is FC(Cl)=C(F)OCC1COC(Cc2ncn[nH]2)(c2ccc(Cl)cc2Cl)O1. The highest BCUT2D eigenvalue weighted by Crippen LogP contribution is 2.41. The average Bonchev–Trinajstić information content (AvgIpc) is 3.23. The molecular formula is C15H12Cl3F2N3O3. The molecule has 2 unspecified atom stereocenters. The van der Waals surface area contributed by atoms with Crippen molar-refractivity contribution in [2.24, 2.45) is 0 Å². The van der Waals surface area contributed by atoms with Crippen LogP contribution in [-0.4, -0.2) is 34.5 Å². The van der Waals surface area contributed by atoms with Crippen LogP contribution in [0.25, 0.3) is 0 Å². The van der Waals surface area contributed by atoms with E-state index in [4.69, 9.17) is 44.3 Å². The molecule has 0 bridgehead atoms. The van der Waals surface area contributed by atoms with E-state index < -0.39 is 23.2 Å². The van der Waals surface area contributed by atoms with Gasteiger partial charge in [-0.2, -0.15) is 13.9 Å². The Morgan fingerprint density at radius 3 is 2.85 bits per heavy atom. The smallest absolute Gasteiger partial charge is 0.321 e. The number of nitrogens with one attached hydrogen (secondary N) is 1. The normalized spacial score (nSPS) is 23.8. The van der Waals surface area contributed by atoms with Crippen molar-refractivity contribution < 1.29 is 23.0 Å². The van der Waals surface area contributed by atoms with Gasteiger partial charge < -0.3 is 14.2 Å². The van der Waals surface area contributed by atoms with Crippen LogP contribution in [0.4, 0.5) is 8.78 Å². The Hall–Kier alpha value is -1.45. The molecule has 0 saturated carbocycles. The third-order valence-corrected chi connectivity index (χ3v) is 4.31. The third-order valence-electron chi connectivity index (χ3n) is 3.61. The van der Waals surface area contributed by atoms with Crippen LogP contribution in [0.2, 0.25) is 10.0 Å². The molecule has 26 heavy (non-hydrogen) atoms. The van der Waals surface area contributed by atoms with Crippen LogP contribution in [0.5, 0.6) is 0 Å². The fraction of sp³-hybridized carbons (Fsp3) is 0.333. The number of hydrogen-bond donors (Lipinski definition) is 1. The van der Waals surface area contributed by atoms with Gasteiger partial charge in [-0.25, -0.2) is 4.98 Å². The Labute approximate surface area is 162 Å². The standard InChI is InChI=1S/C15H12Cl3F2N3O3/c16-8-1-2-10(11(17)3-8)15(4-12-21-7-22-23-12)25-6-9(26-15)5-24-14(20)13(18)19/h1-3,7,9H,4-6H2,(H,21,22,23). The van der Waals surface area contributed by atoms with E-state index in [1.54, 1.807) is 18.2 Å². The highest BCUT2D eigenvalue weighted by Gasteiger charge is 2.45. The number of ether oxygens (including phenoxy) is 3. The van der Waals surface area contributed by atoms with Crippen LogP contribution in [0.15, 0.2) is 35.8 Å². The lowest BCUT2D eigenvalue weighted by molar-refractivity contribution is -0.181. The molecule has 3 rings (SSSR count). The van der Waals surface area contributed by atoms with Gasteiger partial charge in [0, 0.05) is 10.6 Å². The first-order chi connectivity index (χ1) is 12.4. The highest BCUT2D eigenvalue weighted by molar-refractivity contribution is 6.35. The molecular weight excluding hydrogens is 415 g/mol. The highest BCUT2D eigenvalue weighted by atomic mass is 35.5. The van der Waals surface area contributed by atoms with Crippen molar-refractivity contribution in [2.45, 2.75) is 18.3 Å². The van der Waals surface area contributed by atoms with Crippen LogP contribution in [-0.2, 0) is 26.4 Å². The van der Waals surface area contributed by atoms with Crippen LogP contribution in [0, 0.1) is 0 Å². The average molecular weight is 427 g/mol. The molecule has 1 N–H and O–H groups in total. The summed E-state index contributed by atoms with van der Waals surface area (Å²) in [6.07, 6.45) is 0.782. The van der Waals surface area contributed by atoms with Crippen molar-refractivity contribution in [1.29, 1.82) is 0 Å². The molecule has 1 saturated heterocycles. The molecule has 1 aliphatic rings. The van der Waals surface area contributed by atoms with Gasteiger partial charge in [-0.3, -0.25) is 5.10 Å². The molecule has 140 valence electrons. The van der Waals surface area contributed by atoms with E-state index in [-0.39, 0.29) is 19.6 Å². The fourth-order valence-corrected chi connectivity index (χ4v) is 3.14. The maximum absolute atomic E-state index is 13.1. The minimum Gasteiger partial charge on any atom is -0.465 e. The Bertz CT molecular complexity index is 803. The number of halogens is 5. The summed E-state index contributed by atoms with van der Waals surface area (Å²) in [5.74, 6) is -0.843. The molecule has 0 spiro atoms. The van der Waals surface area contributed by atoms with Gasteiger partial charge in [0.2, 0.25) is 5.79 Å². The topological polar surface area (TPSA) is 69.3 Å². The van der Waals surface area contributed by atoms with Crippen molar-refractivity contribution >= 4 is 34.8 Å². The molecule has 6 nitrogen and oxygen atoms in total. The summed E-state index contributed by atoms with van der Waals surface area (Å²) in [5.41, 5.74) is 0.502. The zero-order valence-electron chi connectivity index (χ0n) is 13.0. The van der Waals surface area contributed by atoms with Crippen LogP contribution in [0.1, 0.15) is 11.4 Å². The van der Waals surface area contributed by atoms with Gasteiger partial charge in [-0.05, 0) is 23.7 Å². The number of aromatic amines is 1. The van der Waals surface area contributed by atoms with Crippen molar-refractivity contribution in [3.05, 3.63) is 57.3 Å². The van der Waals surface area contributed by atoms with E-state index in [0.29, 0.717) is 21.4 Å². The van der Waals surface area contributed by atoms with E-state index in [1.807, 2.05) is 0 Å². The summed E-state index contributed by atoms with van der Waals surface area (Å²) in [7, 11) is 0. The maximum Gasteiger partial charge on any atom is 0.321 e. The summed E-state index contributed by atoms with van der Waals surface area (Å²) < 4.78 is 42.1. The first kappa shape index (κ1) is 19.3. The van der Waals surface area contributed by atoms with Gasteiger partial charge in [0.1, 0.15) is 24.9 Å². The molecule has 2 aromatic rings. The molecule has 2 heterocycles. The van der Waals surface area contributed by atoms with Gasteiger partial charge in [-0.15, -0.1) is 0 Å². The van der Waals surface area contributed by atoms with E-state index >= 15 is 0 Å². The minimum atomic E-state index is -1.57. The Kier molecular flexibility index (Phi) is 5.99. The number of aromatic nitrogens is 3. The minimum absolute atomic E-state index is 0.0459. The molecule has 1 aromatic carbocycles. The number of benzene rings is 1. The van der Waals surface area contributed by atoms with Crippen LogP contribution in [0.3, 0.4) is 0 Å². The summed E-state index contributed by atoms with van der Waals surface area (Å²) in [5, 5.41) is 5.68. The summed E-state index contributed by atoms with van der Waals surface area (Å²) in [6.45, 7) is -0.264. The number of hydrogen-bond acceptors (Lipinski definition) is 5. The zero-order valence-corrected chi connectivity index (χ0v) is 15.3. The second-order valence-electron chi connectivity index (χ2n) is 5.38. The Morgan fingerprint density at radius 1 is 1.38 bits per heavy atom. The third kappa shape index (κ3) is 4.27. The second kappa shape index (κ2) is 8.06. The predicted octanol–water partition coefficient (Wildman–Crippen LogP) is 4.24. The zero-order chi connectivity index (χ0) is 18.7. The molecule has 0 amide bonds. The lowest BCUT2D eigenvalue weighted by Crippen LogP contribution is -2.32. The van der Waals surface area contributed by atoms with Crippen molar-refractivity contribution in [1.82, 2.24) is 15.2 Å². The monoisotopic (exact) mass is 425 g/mol. The molecule has 1 aromatic heterocycles. The maximum atomic E-state index is 13.1. The predicted molar refractivity (Wildman–Crippen MR) is 90.1 cm³/mol. The van der Waals surface area contributed by atoms with Gasteiger partial charge in [0.25, 0.3) is 5.29 Å². The lowest BCUT2D eigenvalue weighted by atomic mass is 10.0. The Balaban J connectivity index is 1.84. The van der Waals surface area contributed by atoms with Gasteiger partial charge in [0.15, 0.2) is 0 Å². The molecule has 1 aliphatic heterocycles. The second-order valence-corrected chi connectivity index (χ2v) is 6.56. The van der Waals surface area contributed by atoms with Crippen molar-refractivity contribution in [3.8, 4) is 0 Å². The van der Waals surface area contributed by atoms with Crippen molar-refractivity contribution in [3.63, 3.8) is 0 Å². The lowest BCUT2D eigenvalue weighted by Gasteiger charge is -2.28. The first-order valence-corrected chi connectivity index (χ1v) is 8.48. The fourth-order valence-electron chi connectivity index (χ4n) is 2.53. The van der Waals surface area contributed by atoms with Crippen LogP contribution >= 0.6 is 34.8 Å². The van der Waals surface area contributed by atoms with E-state index in [9.17, 15) is 8.78 Å². The summed E-state index contributed by atoms with van der Waals surface area (Å²) >= 11 is 17.1.